The molecule has 0 radical (unpaired) electrons. The number of nitrogens with one attached hydrogen (secondary N) is 1. The summed E-state index contributed by atoms with van der Waals surface area (Å²) < 4.78 is 11.0. The normalized spacial score (nSPS) is 18.1. The SMILES string of the molecule is Oc1c(CN2CCOCC2)cc(Nc2ncc3ccccc3n2)cc1CN1CCOCC1. The van der Waals surface area contributed by atoms with Crippen molar-refractivity contribution < 1.29 is 14.6 Å². The molecule has 0 unspecified atom stereocenters. The summed E-state index contributed by atoms with van der Waals surface area (Å²) in [7, 11) is 0. The van der Waals surface area contributed by atoms with Gasteiger partial charge in [-0.2, -0.15) is 0 Å². The Hall–Kier alpha value is -2.78. The van der Waals surface area contributed by atoms with Crippen LogP contribution in [0.3, 0.4) is 0 Å². The second-order valence-electron chi connectivity index (χ2n) is 8.30. The fourth-order valence-electron chi connectivity index (χ4n) is 4.24. The zero-order valence-electron chi connectivity index (χ0n) is 18.2. The minimum absolute atomic E-state index is 0.368. The summed E-state index contributed by atoms with van der Waals surface area (Å²) in [5.41, 5.74) is 3.58. The number of benzene rings is 2. The molecule has 0 saturated carbocycles. The number of aromatic hydroxyl groups is 1. The lowest BCUT2D eigenvalue weighted by Crippen LogP contribution is -2.36. The molecule has 168 valence electrons. The average molecular weight is 436 g/mol. The highest BCUT2D eigenvalue weighted by molar-refractivity contribution is 5.79. The van der Waals surface area contributed by atoms with E-state index in [-0.39, 0.29) is 0 Å². The van der Waals surface area contributed by atoms with E-state index in [1.165, 1.54) is 0 Å². The van der Waals surface area contributed by atoms with Gasteiger partial charge in [0.2, 0.25) is 5.95 Å². The molecule has 0 spiro atoms. The van der Waals surface area contributed by atoms with Gasteiger partial charge in [-0.1, -0.05) is 18.2 Å². The number of phenols is 1. The topological polar surface area (TPSA) is 83.0 Å². The number of morpholine rings is 2. The van der Waals surface area contributed by atoms with Crippen molar-refractivity contribution in [3.63, 3.8) is 0 Å². The smallest absolute Gasteiger partial charge is 0.227 e. The second-order valence-corrected chi connectivity index (χ2v) is 8.30. The van der Waals surface area contributed by atoms with E-state index >= 15 is 0 Å². The van der Waals surface area contributed by atoms with E-state index in [0.29, 0.717) is 24.8 Å². The highest BCUT2D eigenvalue weighted by Crippen LogP contribution is 2.31. The predicted octanol–water partition coefficient (Wildman–Crippen LogP) is 2.74. The summed E-state index contributed by atoms with van der Waals surface area (Å²) in [6, 6.07) is 11.9. The Labute approximate surface area is 187 Å². The number of rotatable bonds is 6. The molecule has 3 aromatic rings. The van der Waals surface area contributed by atoms with Gasteiger partial charge in [-0.3, -0.25) is 9.80 Å². The Kier molecular flexibility index (Phi) is 6.45. The maximum absolute atomic E-state index is 11.1. The molecule has 2 aliphatic rings. The van der Waals surface area contributed by atoms with E-state index < -0.39 is 0 Å². The molecule has 8 heteroatoms. The molecule has 0 atom stereocenters. The van der Waals surface area contributed by atoms with Crippen molar-refractivity contribution in [3.05, 3.63) is 53.7 Å². The standard InChI is InChI=1S/C24H29N5O3/c30-23-19(16-28-5-9-31-10-6-28)13-21(14-20(23)17-29-7-11-32-12-8-29)26-24-25-15-18-3-1-2-4-22(18)27-24/h1-4,13-15,30H,5-12,16-17H2,(H,25,26,27). The van der Waals surface area contributed by atoms with Crippen LogP contribution in [0.4, 0.5) is 11.6 Å². The van der Waals surface area contributed by atoms with Gasteiger partial charge in [0, 0.05) is 67.7 Å². The van der Waals surface area contributed by atoms with Crippen LogP contribution in [-0.2, 0) is 22.6 Å². The number of fused-ring (bicyclic) bond motifs is 1. The number of anilines is 2. The van der Waals surface area contributed by atoms with Gasteiger partial charge >= 0.3 is 0 Å². The summed E-state index contributed by atoms with van der Waals surface area (Å²) >= 11 is 0. The van der Waals surface area contributed by atoms with Crippen LogP contribution in [0.2, 0.25) is 0 Å². The van der Waals surface area contributed by atoms with Crippen molar-refractivity contribution in [1.82, 2.24) is 19.8 Å². The summed E-state index contributed by atoms with van der Waals surface area (Å²) in [6.45, 7) is 7.72. The first-order valence-corrected chi connectivity index (χ1v) is 11.2. The first kappa shape index (κ1) is 21.1. The number of hydrogen-bond acceptors (Lipinski definition) is 8. The van der Waals surface area contributed by atoms with E-state index in [2.05, 4.69) is 25.1 Å². The molecule has 0 aliphatic carbocycles. The van der Waals surface area contributed by atoms with Gasteiger partial charge in [0.15, 0.2) is 0 Å². The minimum atomic E-state index is 0.368. The molecule has 2 aromatic carbocycles. The zero-order valence-corrected chi connectivity index (χ0v) is 18.2. The van der Waals surface area contributed by atoms with Gasteiger partial charge in [-0.05, 0) is 18.2 Å². The van der Waals surface area contributed by atoms with Gasteiger partial charge < -0.3 is 19.9 Å². The number of ether oxygens (including phenoxy) is 2. The lowest BCUT2D eigenvalue weighted by atomic mass is 10.1. The summed E-state index contributed by atoms with van der Waals surface area (Å²) in [4.78, 5) is 13.7. The summed E-state index contributed by atoms with van der Waals surface area (Å²) in [5, 5.41) is 15.5. The van der Waals surface area contributed by atoms with Crippen molar-refractivity contribution in [2.75, 3.05) is 57.9 Å². The number of para-hydroxylation sites is 1. The third kappa shape index (κ3) is 4.99. The number of nitrogens with zero attached hydrogens (tertiary/aromatic N) is 4. The van der Waals surface area contributed by atoms with Gasteiger partial charge in [0.05, 0.1) is 31.9 Å². The Balaban J connectivity index is 1.43. The number of phenolic OH excluding ortho intramolecular Hbond substituents is 1. The molecule has 3 heterocycles. The van der Waals surface area contributed by atoms with Gasteiger partial charge in [0.25, 0.3) is 0 Å². The van der Waals surface area contributed by atoms with Crippen LogP contribution in [0.1, 0.15) is 11.1 Å². The maximum atomic E-state index is 11.1. The first-order valence-electron chi connectivity index (χ1n) is 11.2. The molecule has 2 saturated heterocycles. The van der Waals surface area contributed by atoms with Crippen LogP contribution >= 0.6 is 0 Å². The van der Waals surface area contributed by atoms with Crippen LogP contribution in [0, 0.1) is 0 Å². The lowest BCUT2D eigenvalue weighted by Gasteiger charge is -2.29. The van der Waals surface area contributed by atoms with Gasteiger partial charge in [0.1, 0.15) is 5.75 Å². The van der Waals surface area contributed by atoms with E-state index in [0.717, 1.165) is 80.3 Å². The molecular weight excluding hydrogens is 406 g/mol. The molecular formula is C24H29N5O3. The maximum Gasteiger partial charge on any atom is 0.227 e. The summed E-state index contributed by atoms with van der Waals surface area (Å²) in [6.07, 6.45) is 1.83. The van der Waals surface area contributed by atoms with Crippen LogP contribution < -0.4 is 5.32 Å². The minimum Gasteiger partial charge on any atom is -0.507 e. The van der Waals surface area contributed by atoms with E-state index in [1.54, 1.807) is 0 Å². The molecule has 32 heavy (non-hydrogen) atoms. The monoisotopic (exact) mass is 435 g/mol. The Morgan fingerprint density at radius 3 is 2.09 bits per heavy atom. The number of aromatic nitrogens is 2. The second kappa shape index (κ2) is 9.79. The van der Waals surface area contributed by atoms with Crippen molar-refractivity contribution in [2.24, 2.45) is 0 Å². The van der Waals surface area contributed by atoms with E-state index in [9.17, 15) is 5.11 Å². The first-order chi connectivity index (χ1) is 15.7. The van der Waals surface area contributed by atoms with E-state index in [4.69, 9.17) is 9.47 Å². The fraction of sp³-hybridized carbons (Fsp3) is 0.417. The average Bonchev–Trinajstić information content (AvgIpc) is 2.83. The van der Waals surface area contributed by atoms with Crippen molar-refractivity contribution in [2.45, 2.75) is 13.1 Å². The molecule has 2 aliphatic heterocycles. The molecule has 8 nitrogen and oxygen atoms in total. The zero-order chi connectivity index (χ0) is 21.8. The molecule has 0 bridgehead atoms. The van der Waals surface area contributed by atoms with Crippen molar-refractivity contribution in [1.29, 1.82) is 0 Å². The highest BCUT2D eigenvalue weighted by Gasteiger charge is 2.19. The molecule has 1 aromatic heterocycles. The fourth-order valence-corrected chi connectivity index (χ4v) is 4.24. The van der Waals surface area contributed by atoms with Crippen molar-refractivity contribution in [3.8, 4) is 5.75 Å². The lowest BCUT2D eigenvalue weighted by molar-refractivity contribution is 0.0328. The number of hydrogen-bond donors (Lipinski definition) is 2. The molecule has 5 rings (SSSR count). The third-order valence-electron chi connectivity index (χ3n) is 6.01. The predicted molar refractivity (Wildman–Crippen MR) is 123 cm³/mol. The highest BCUT2D eigenvalue weighted by atomic mass is 16.5. The van der Waals surface area contributed by atoms with Crippen LogP contribution in [0.15, 0.2) is 42.6 Å². The third-order valence-corrected chi connectivity index (χ3v) is 6.01. The van der Waals surface area contributed by atoms with Gasteiger partial charge in [-0.15, -0.1) is 0 Å². The Bertz CT molecular complexity index is 1020. The van der Waals surface area contributed by atoms with E-state index in [1.807, 2.05) is 42.6 Å². The van der Waals surface area contributed by atoms with Crippen LogP contribution in [0.25, 0.3) is 10.9 Å². The molecule has 2 fully saturated rings. The Morgan fingerprint density at radius 1 is 0.875 bits per heavy atom. The largest absolute Gasteiger partial charge is 0.507 e. The molecule has 0 amide bonds. The van der Waals surface area contributed by atoms with Crippen molar-refractivity contribution >= 4 is 22.5 Å². The quantitative estimate of drug-likeness (QED) is 0.572. The Morgan fingerprint density at radius 2 is 1.47 bits per heavy atom. The summed E-state index contributed by atoms with van der Waals surface area (Å²) in [5.74, 6) is 0.914. The molecule has 2 N–H and O–H groups in total. The van der Waals surface area contributed by atoms with Crippen LogP contribution in [-0.4, -0.2) is 77.5 Å². The van der Waals surface area contributed by atoms with Gasteiger partial charge in [-0.25, -0.2) is 9.97 Å². The van der Waals surface area contributed by atoms with Crippen LogP contribution in [0.5, 0.6) is 5.75 Å².